The first-order valence-electron chi connectivity index (χ1n) is 4.91. The number of hydrogen-bond acceptors (Lipinski definition) is 3. The fourth-order valence-electron chi connectivity index (χ4n) is 1.24. The first kappa shape index (κ1) is 12.6. The monoisotopic (exact) mass is 243 g/mol. The van der Waals surface area contributed by atoms with Crippen LogP contribution in [0.15, 0.2) is 18.2 Å². The highest BCUT2D eigenvalue weighted by atomic mass is 35.5. The Labute approximate surface area is 99.5 Å². The quantitative estimate of drug-likeness (QED) is 0.884. The van der Waals surface area contributed by atoms with E-state index in [2.05, 4.69) is 5.32 Å². The van der Waals surface area contributed by atoms with Crippen LogP contribution in [0, 0.1) is 0 Å². The molecule has 0 saturated heterocycles. The van der Waals surface area contributed by atoms with Crippen LogP contribution >= 0.6 is 11.6 Å². The minimum absolute atomic E-state index is 0.279. The molecule has 5 heteroatoms. The molecule has 4 nitrogen and oxygen atoms in total. The van der Waals surface area contributed by atoms with Gasteiger partial charge in [-0.3, -0.25) is 0 Å². The van der Waals surface area contributed by atoms with Crippen molar-refractivity contribution in [2.24, 2.45) is 0 Å². The molecular formula is C11H14ClNO3. The molecule has 0 aliphatic heterocycles. The third-order valence-electron chi connectivity index (χ3n) is 1.98. The fraction of sp³-hybridized carbons (Fsp3) is 0.364. The van der Waals surface area contributed by atoms with Crippen molar-refractivity contribution in [2.75, 3.05) is 13.7 Å². The van der Waals surface area contributed by atoms with E-state index in [1.54, 1.807) is 32.2 Å². The summed E-state index contributed by atoms with van der Waals surface area (Å²) < 4.78 is 9.88. The molecule has 16 heavy (non-hydrogen) atoms. The molecule has 1 rings (SSSR count). The number of ether oxygens (including phenoxy) is 2. The van der Waals surface area contributed by atoms with Crippen LogP contribution in [-0.4, -0.2) is 19.8 Å². The fourth-order valence-corrected chi connectivity index (χ4v) is 1.48. The molecule has 1 amide bonds. The van der Waals surface area contributed by atoms with Gasteiger partial charge in [0.05, 0.1) is 20.3 Å². The van der Waals surface area contributed by atoms with E-state index in [1.807, 2.05) is 0 Å². The third-order valence-corrected chi connectivity index (χ3v) is 2.33. The van der Waals surface area contributed by atoms with E-state index in [-0.39, 0.29) is 6.54 Å². The van der Waals surface area contributed by atoms with Gasteiger partial charge in [-0.2, -0.15) is 0 Å². The summed E-state index contributed by atoms with van der Waals surface area (Å²) in [6.07, 6.45) is -0.468. The molecular weight excluding hydrogens is 230 g/mol. The van der Waals surface area contributed by atoms with Crippen LogP contribution in [0.3, 0.4) is 0 Å². The second-order valence-electron chi connectivity index (χ2n) is 2.99. The Morgan fingerprint density at radius 2 is 2.25 bits per heavy atom. The number of carbonyl (C=O) groups excluding carboxylic acids is 1. The lowest BCUT2D eigenvalue weighted by Crippen LogP contribution is -2.24. The van der Waals surface area contributed by atoms with Gasteiger partial charge in [-0.25, -0.2) is 4.79 Å². The molecule has 0 bridgehead atoms. The number of rotatable bonds is 4. The van der Waals surface area contributed by atoms with Crippen LogP contribution < -0.4 is 10.1 Å². The Bertz CT molecular complexity index is 368. The van der Waals surface area contributed by atoms with E-state index in [0.29, 0.717) is 17.4 Å². The van der Waals surface area contributed by atoms with Gasteiger partial charge in [-0.1, -0.05) is 17.7 Å². The Balaban J connectivity index is 2.69. The maximum atomic E-state index is 11.1. The average Bonchev–Trinajstić information content (AvgIpc) is 2.27. The van der Waals surface area contributed by atoms with E-state index in [1.165, 1.54) is 0 Å². The highest BCUT2D eigenvalue weighted by Crippen LogP contribution is 2.25. The summed E-state index contributed by atoms with van der Waals surface area (Å²) in [7, 11) is 1.56. The highest BCUT2D eigenvalue weighted by molar-refractivity contribution is 6.31. The van der Waals surface area contributed by atoms with E-state index >= 15 is 0 Å². The predicted octanol–water partition coefficient (Wildman–Crippen LogP) is 2.59. The largest absolute Gasteiger partial charge is 0.496 e. The molecule has 0 saturated carbocycles. The lowest BCUT2D eigenvalue weighted by atomic mass is 10.2. The molecule has 0 radical (unpaired) electrons. The number of methoxy groups -OCH3 is 1. The number of nitrogens with one attached hydrogen (secondary N) is 1. The second kappa shape index (κ2) is 6.23. The molecule has 1 N–H and O–H groups in total. The summed E-state index contributed by atoms with van der Waals surface area (Å²) in [5.74, 6) is 0.643. The topological polar surface area (TPSA) is 47.6 Å². The molecule has 0 unspecified atom stereocenters. The van der Waals surface area contributed by atoms with Gasteiger partial charge in [0, 0.05) is 10.6 Å². The molecule has 0 aliphatic rings. The van der Waals surface area contributed by atoms with Crippen molar-refractivity contribution >= 4 is 17.7 Å². The lowest BCUT2D eigenvalue weighted by Gasteiger charge is -2.11. The number of carbonyl (C=O) groups is 1. The first-order chi connectivity index (χ1) is 7.69. The van der Waals surface area contributed by atoms with Crippen molar-refractivity contribution in [1.29, 1.82) is 0 Å². The number of halogens is 1. The van der Waals surface area contributed by atoms with Gasteiger partial charge in [0.25, 0.3) is 0 Å². The van der Waals surface area contributed by atoms with Crippen molar-refractivity contribution in [3.8, 4) is 5.75 Å². The Morgan fingerprint density at radius 1 is 1.50 bits per heavy atom. The normalized spacial score (nSPS) is 9.69. The number of alkyl carbamates (subject to hydrolysis) is 1. The zero-order chi connectivity index (χ0) is 12.0. The van der Waals surface area contributed by atoms with E-state index < -0.39 is 6.09 Å². The lowest BCUT2D eigenvalue weighted by molar-refractivity contribution is 0.151. The van der Waals surface area contributed by atoms with Gasteiger partial charge < -0.3 is 14.8 Å². The molecule has 1 aromatic rings. The second-order valence-corrected chi connectivity index (χ2v) is 3.40. The van der Waals surface area contributed by atoms with Crippen LogP contribution in [0.4, 0.5) is 4.79 Å². The maximum absolute atomic E-state index is 11.1. The number of benzene rings is 1. The number of amides is 1. The summed E-state index contributed by atoms with van der Waals surface area (Å²) >= 11 is 6.00. The molecule has 0 spiro atoms. The molecule has 0 heterocycles. The summed E-state index contributed by atoms with van der Waals surface area (Å²) in [6.45, 7) is 2.36. The Kier molecular flexibility index (Phi) is 4.92. The zero-order valence-corrected chi connectivity index (χ0v) is 10.0. The first-order valence-corrected chi connectivity index (χ1v) is 5.28. The van der Waals surface area contributed by atoms with Gasteiger partial charge in [0.15, 0.2) is 0 Å². The SMILES string of the molecule is CCOC(=O)NCc1c(Cl)cccc1OC. The minimum atomic E-state index is -0.468. The summed E-state index contributed by atoms with van der Waals surface area (Å²) in [6, 6.07) is 5.31. The van der Waals surface area contributed by atoms with Crippen LogP contribution in [0.1, 0.15) is 12.5 Å². The zero-order valence-electron chi connectivity index (χ0n) is 9.25. The molecule has 0 aromatic heterocycles. The van der Waals surface area contributed by atoms with Crippen LogP contribution in [0.25, 0.3) is 0 Å². The van der Waals surface area contributed by atoms with Gasteiger partial charge in [-0.05, 0) is 19.1 Å². The predicted molar refractivity (Wildman–Crippen MR) is 61.9 cm³/mol. The van der Waals surface area contributed by atoms with Crippen molar-refractivity contribution in [2.45, 2.75) is 13.5 Å². The Morgan fingerprint density at radius 3 is 2.88 bits per heavy atom. The van der Waals surface area contributed by atoms with Crippen LogP contribution in [0.2, 0.25) is 5.02 Å². The highest BCUT2D eigenvalue weighted by Gasteiger charge is 2.09. The minimum Gasteiger partial charge on any atom is -0.496 e. The van der Waals surface area contributed by atoms with E-state index in [9.17, 15) is 4.79 Å². The molecule has 0 aliphatic carbocycles. The van der Waals surface area contributed by atoms with E-state index in [4.69, 9.17) is 21.1 Å². The van der Waals surface area contributed by atoms with Gasteiger partial charge in [0.2, 0.25) is 0 Å². The molecule has 1 aromatic carbocycles. The summed E-state index contributed by atoms with van der Waals surface area (Å²) in [4.78, 5) is 11.1. The van der Waals surface area contributed by atoms with E-state index in [0.717, 1.165) is 5.56 Å². The van der Waals surface area contributed by atoms with Crippen molar-refractivity contribution in [1.82, 2.24) is 5.32 Å². The molecule has 0 atom stereocenters. The van der Waals surface area contributed by atoms with Crippen LogP contribution in [0.5, 0.6) is 5.75 Å². The smallest absolute Gasteiger partial charge is 0.407 e. The number of hydrogen-bond donors (Lipinski definition) is 1. The van der Waals surface area contributed by atoms with Crippen molar-refractivity contribution < 1.29 is 14.3 Å². The van der Waals surface area contributed by atoms with Crippen LogP contribution in [-0.2, 0) is 11.3 Å². The van der Waals surface area contributed by atoms with Gasteiger partial charge >= 0.3 is 6.09 Å². The van der Waals surface area contributed by atoms with Crippen molar-refractivity contribution in [3.05, 3.63) is 28.8 Å². The summed E-state index contributed by atoms with van der Waals surface area (Å²) in [5.41, 5.74) is 0.736. The third kappa shape index (κ3) is 3.31. The summed E-state index contributed by atoms with van der Waals surface area (Å²) in [5, 5.41) is 3.14. The average molecular weight is 244 g/mol. The van der Waals surface area contributed by atoms with Gasteiger partial charge in [0.1, 0.15) is 5.75 Å². The molecule has 0 fully saturated rings. The maximum Gasteiger partial charge on any atom is 0.407 e. The standard InChI is InChI=1S/C11H14ClNO3/c1-3-16-11(14)13-7-8-9(12)5-4-6-10(8)15-2/h4-6H,3,7H2,1-2H3,(H,13,14). The van der Waals surface area contributed by atoms with Crippen molar-refractivity contribution in [3.63, 3.8) is 0 Å². The van der Waals surface area contributed by atoms with Gasteiger partial charge in [-0.15, -0.1) is 0 Å². The molecule has 88 valence electrons. The Hall–Kier alpha value is -1.42.